The first kappa shape index (κ1) is 9.74. The summed E-state index contributed by atoms with van der Waals surface area (Å²) in [7, 11) is 0. The molecule has 3 heteroatoms. The Labute approximate surface area is 85.3 Å². The maximum absolute atomic E-state index is 3.58. The summed E-state index contributed by atoms with van der Waals surface area (Å²) < 4.78 is 0. The molecule has 0 saturated carbocycles. The Morgan fingerprint density at radius 1 is 1.50 bits per heavy atom. The van der Waals surface area contributed by atoms with E-state index < -0.39 is 0 Å². The second kappa shape index (κ2) is 5.17. The van der Waals surface area contributed by atoms with Crippen molar-refractivity contribution in [3.05, 3.63) is 24.0 Å². The largest absolute Gasteiger partial charge is 0.365 e. The van der Waals surface area contributed by atoms with Gasteiger partial charge in [-0.3, -0.25) is 0 Å². The molecule has 1 fully saturated rings. The molecule has 0 spiro atoms. The molecule has 0 radical (unpaired) electrons. The predicted molar refractivity (Wildman–Crippen MR) is 58.4 cm³/mol. The quantitative estimate of drug-likeness (QED) is 0.665. The lowest BCUT2D eigenvalue weighted by atomic mass is 10.1. The van der Waals surface area contributed by atoms with Crippen LogP contribution in [0.15, 0.2) is 18.3 Å². The number of hydrogen-bond donors (Lipinski definition) is 3. The third kappa shape index (κ3) is 2.86. The summed E-state index contributed by atoms with van der Waals surface area (Å²) in [4.78, 5) is 3.22. The van der Waals surface area contributed by atoms with Crippen LogP contribution in [0.3, 0.4) is 0 Å². The highest BCUT2D eigenvalue weighted by Gasteiger charge is 2.11. The maximum Gasteiger partial charge on any atom is 0.0193 e. The SMILES string of the molecule is c1c[nH]c(CCNC2CCCNC2)c1. The van der Waals surface area contributed by atoms with E-state index in [-0.39, 0.29) is 0 Å². The van der Waals surface area contributed by atoms with E-state index >= 15 is 0 Å². The van der Waals surface area contributed by atoms with Gasteiger partial charge in [-0.1, -0.05) is 0 Å². The van der Waals surface area contributed by atoms with Gasteiger partial charge in [-0.2, -0.15) is 0 Å². The second-order valence-corrected chi connectivity index (χ2v) is 3.94. The first-order valence-electron chi connectivity index (χ1n) is 5.51. The van der Waals surface area contributed by atoms with E-state index in [9.17, 15) is 0 Å². The highest BCUT2D eigenvalue weighted by atomic mass is 15.0. The summed E-state index contributed by atoms with van der Waals surface area (Å²) in [5.74, 6) is 0. The maximum atomic E-state index is 3.58. The Morgan fingerprint density at radius 2 is 2.50 bits per heavy atom. The summed E-state index contributed by atoms with van der Waals surface area (Å²) in [5.41, 5.74) is 1.32. The molecule has 1 aliphatic rings. The first-order chi connectivity index (χ1) is 6.95. The summed E-state index contributed by atoms with van der Waals surface area (Å²) in [6.45, 7) is 3.40. The van der Waals surface area contributed by atoms with E-state index in [1.165, 1.54) is 25.1 Å². The Hall–Kier alpha value is -0.800. The lowest BCUT2D eigenvalue weighted by Gasteiger charge is -2.23. The van der Waals surface area contributed by atoms with Crippen molar-refractivity contribution in [3.63, 3.8) is 0 Å². The van der Waals surface area contributed by atoms with Crippen molar-refractivity contribution in [1.82, 2.24) is 15.6 Å². The fraction of sp³-hybridized carbons (Fsp3) is 0.636. The van der Waals surface area contributed by atoms with E-state index in [1.807, 2.05) is 6.20 Å². The summed E-state index contributed by atoms with van der Waals surface area (Å²) in [6, 6.07) is 4.87. The zero-order valence-electron chi connectivity index (χ0n) is 8.55. The van der Waals surface area contributed by atoms with E-state index in [4.69, 9.17) is 0 Å². The zero-order valence-corrected chi connectivity index (χ0v) is 8.55. The van der Waals surface area contributed by atoms with Gasteiger partial charge in [0.15, 0.2) is 0 Å². The minimum Gasteiger partial charge on any atom is -0.365 e. The molecule has 78 valence electrons. The second-order valence-electron chi connectivity index (χ2n) is 3.94. The molecule has 1 saturated heterocycles. The highest BCUT2D eigenvalue weighted by molar-refractivity contribution is 5.03. The standard InChI is InChI=1S/C11H19N3/c1-4-11(9-12-6-1)14-8-5-10-3-2-7-13-10/h2-3,7,11-14H,1,4-6,8-9H2. The van der Waals surface area contributed by atoms with Crippen molar-refractivity contribution >= 4 is 0 Å². The zero-order chi connectivity index (χ0) is 9.64. The van der Waals surface area contributed by atoms with Gasteiger partial charge >= 0.3 is 0 Å². The molecule has 0 amide bonds. The van der Waals surface area contributed by atoms with E-state index in [2.05, 4.69) is 27.8 Å². The Kier molecular flexibility index (Phi) is 3.60. The van der Waals surface area contributed by atoms with Crippen molar-refractivity contribution < 1.29 is 0 Å². The van der Waals surface area contributed by atoms with Gasteiger partial charge in [-0.15, -0.1) is 0 Å². The molecular weight excluding hydrogens is 174 g/mol. The predicted octanol–water partition coefficient (Wildman–Crippen LogP) is 0.899. The van der Waals surface area contributed by atoms with Crippen LogP contribution < -0.4 is 10.6 Å². The summed E-state index contributed by atoms with van der Waals surface area (Å²) >= 11 is 0. The Balaban J connectivity index is 1.62. The van der Waals surface area contributed by atoms with Gasteiger partial charge in [0.05, 0.1) is 0 Å². The summed E-state index contributed by atoms with van der Waals surface area (Å²) in [5, 5.41) is 6.99. The Bertz CT molecular complexity index is 237. The number of rotatable bonds is 4. The molecule has 0 aromatic carbocycles. The average Bonchev–Trinajstić information content (AvgIpc) is 2.72. The van der Waals surface area contributed by atoms with E-state index in [0.717, 1.165) is 19.5 Å². The highest BCUT2D eigenvalue weighted by Crippen LogP contribution is 2.01. The van der Waals surface area contributed by atoms with Crippen molar-refractivity contribution in [1.29, 1.82) is 0 Å². The van der Waals surface area contributed by atoms with Crippen LogP contribution in [-0.4, -0.2) is 30.7 Å². The minimum absolute atomic E-state index is 0.679. The molecule has 0 aliphatic carbocycles. The van der Waals surface area contributed by atoms with Crippen LogP contribution in [0.2, 0.25) is 0 Å². The average molecular weight is 193 g/mol. The van der Waals surface area contributed by atoms with Crippen molar-refractivity contribution in [2.24, 2.45) is 0 Å². The topological polar surface area (TPSA) is 39.9 Å². The Morgan fingerprint density at radius 3 is 3.21 bits per heavy atom. The third-order valence-electron chi connectivity index (χ3n) is 2.79. The fourth-order valence-corrected chi connectivity index (χ4v) is 1.96. The molecule has 1 aromatic heterocycles. The number of aromatic amines is 1. The van der Waals surface area contributed by atoms with Gasteiger partial charge in [-0.05, 0) is 37.9 Å². The van der Waals surface area contributed by atoms with Gasteiger partial charge in [-0.25, -0.2) is 0 Å². The molecule has 1 aromatic rings. The monoisotopic (exact) mass is 193 g/mol. The van der Waals surface area contributed by atoms with Crippen LogP contribution in [0, 0.1) is 0 Å². The van der Waals surface area contributed by atoms with Crippen LogP contribution in [0.25, 0.3) is 0 Å². The van der Waals surface area contributed by atoms with Crippen LogP contribution in [0.1, 0.15) is 18.5 Å². The van der Waals surface area contributed by atoms with Crippen LogP contribution in [-0.2, 0) is 6.42 Å². The van der Waals surface area contributed by atoms with E-state index in [0.29, 0.717) is 6.04 Å². The van der Waals surface area contributed by atoms with Gasteiger partial charge < -0.3 is 15.6 Å². The van der Waals surface area contributed by atoms with Gasteiger partial charge in [0.25, 0.3) is 0 Å². The molecule has 3 nitrogen and oxygen atoms in total. The normalized spacial score (nSPS) is 22.4. The van der Waals surface area contributed by atoms with Crippen molar-refractivity contribution in [2.75, 3.05) is 19.6 Å². The molecule has 2 rings (SSSR count). The molecule has 3 N–H and O–H groups in total. The van der Waals surface area contributed by atoms with Crippen LogP contribution in [0.5, 0.6) is 0 Å². The van der Waals surface area contributed by atoms with Crippen LogP contribution >= 0.6 is 0 Å². The van der Waals surface area contributed by atoms with Crippen LogP contribution in [0.4, 0.5) is 0 Å². The smallest absolute Gasteiger partial charge is 0.0193 e. The molecular formula is C11H19N3. The summed E-state index contributed by atoms with van der Waals surface area (Å²) in [6.07, 6.45) is 5.71. The number of piperidine rings is 1. The molecule has 1 unspecified atom stereocenters. The molecule has 0 bridgehead atoms. The number of nitrogens with one attached hydrogen (secondary N) is 3. The minimum atomic E-state index is 0.679. The fourth-order valence-electron chi connectivity index (χ4n) is 1.96. The number of aromatic nitrogens is 1. The molecule has 14 heavy (non-hydrogen) atoms. The van der Waals surface area contributed by atoms with Crippen molar-refractivity contribution in [2.45, 2.75) is 25.3 Å². The lowest BCUT2D eigenvalue weighted by molar-refractivity contribution is 0.392. The third-order valence-corrected chi connectivity index (χ3v) is 2.79. The van der Waals surface area contributed by atoms with E-state index in [1.54, 1.807) is 0 Å². The lowest BCUT2D eigenvalue weighted by Crippen LogP contribution is -2.43. The van der Waals surface area contributed by atoms with Gasteiger partial charge in [0, 0.05) is 31.0 Å². The van der Waals surface area contributed by atoms with Gasteiger partial charge in [0.2, 0.25) is 0 Å². The molecule has 2 heterocycles. The number of H-pyrrole nitrogens is 1. The first-order valence-corrected chi connectivity index (χ1v) is 5.51. The molecule has 1 aliphatic heterocycles. The number of hydrogen-bond acceptors (Lipinski definition) is 2. The molecule has 1 atom stereocenters. The van der Waals surface area contributed by atoms with Gasteiger partial charge in [0.1, 0.15) is 0 Å². The van der Waals surface area contributed by atoms with Crippen molar-refractivity contribution in [3.8, 4) is 0 Å².